The Balaban J connectivity index is 3.01. The van der Waals surface area contributed by atoms with E-state index in [9.17, 15) is 9.18 Å². The minimum Gasteiger partial charge on any atom is -0.456 e. The van der Waals surface area contributed by atoms with Crippen LogP contribution in [-0.2, 0) is 9.53 Å². The van der Waals surface area contributed by atoms with E-state index < -0.39 is 11.8 Å². The van der Waals surface area contributed by atoms with Crippen molar-refractivity contribution in [2.75, 3.05) is 12.3 Å². The highest BCUT2D eigenvalue weighted by Crippen LogP contribution is 2.23. The molecule has 0 aromatic heterocycles. The molecule has 3 nitrogen and oxygen atoms in total. The van der Waals surface area contributed by atoms with Gasteiger partial charge in [-0.15, -0.1) is 0 Å². The lowest BCUT2D eigenvalue weighted by molar-refractivity contribution is -0.136. The first-order chi connectivity index (χ1) is 7.54. The largest absolute Gasteiger partial charge is 0.456 e. The molecule has 0 spiro atoms. The van der Waals surface area contributed by atoms with E-state index in [2.05, 4.69) is 16.6 Å². The molecule has 0 fully saturated rings. The zero-order valence-corrected chi connectivity index (χ0v) is 9.27. The highest BCUT2D eigenvalue weighted by molar-refractivity contribution is 6.33. The molecule has 1 aromatic carbocycles. The maximum Gasteiger partial charge on any atom is 0.384 e. The highest BCUT2D eigenvalue weighted by Gasteiger charge is 2.04. The molecule has 0 saturated carbocycles. The lowest BCUT2D eigenvalue weighted by atomic mass is 10.2. The van der Waals surface area contributed by atoms with E-state index >= 15 is 0 Å². The fourth-order valence-electron chi connectivity index (χ4n) is 0.974. The van der Waals surface area contributed by atoms with E-state index in [-0.39, 0.29) is 22.9 Å². The number of hydrogen-bond acceptors (Lipinski definition) is 3. The van der Waals surface area contributed by atoms with Crippen molar-refractivity contribution in [3.8, 4) is 11.8 Å². The van der Waals surface area contributed by atoms with Gasteiger partial charge in [0.2, 0.25) is 0 Å². The number of esters is 1. The number of ether oxygens (including phenoxy) is 1. The number of rotatable bonds is 1. The van der Waals surface area contributed by atoms with Crippen LogP contribution in [0, 0.1) is 17.7 Å². The molecule has 0 aliphatic rings. The van der Waals surface area contributed by atoms with Gasteiger partial charge in [0.1, 0.15) is 5.82 Å². The predicted molar refractivity (Wildman–Crippen MR) is 59.3 cm³/mol. The van der Waals surface area contributed by atoms with Gasteiger partial charge in [0, 0.05) is 5.92 Å². The first kappa shape index (κ1) is 12.3. The van der Waals surface area contributed by atoms with Gasteiger partial charge in [-0.05, 0) is 19.1 Å². The second-order valence-electron chi connectivity index (χ2n) is 2.82. The van der Waals surface area contributed by atoms with Gasteiger partial charge < -0.3 is 10.5 Å². The molecule has 16 heavy (non-hydrogen) atoms. The van der Waals surface area contributed by atoms with E-state index in [0.717, 1.165) is 12.1 Å². The van der Waals surface area contributed by atoms with Crippen LogP contribution in [0.5, 0.6) is 0 Å². The third-order valence-electron chi connectivity index (χ3n) is 1.67. The van der Waals surface area contributed by atoms with Crippen molar-refractivity contribution in [3.05, 3.63) is 28.5 Å². The molecule has 5 heteroatoms. The molecule has 0 atom stereocenters. The Bertz CT molecular complexity index is 477. The standard InChI is InChI=1S/C11H9ClFNO2/c1-2-16-10(15)4-3-7-5-8(13)6-9(12)11(7)14/h5-6H,2,14H2,1H3. The predicted octanol–water partition coefficient (Wildman–Crippen LogP) is 1.98. The Morgan fingerprint density at radius 2 is 2.31 bits per heavy atom. The van der Waals surface area contributed by atoms with Gasteiger partial charge in [-0.25, -0.2) is 9.18 Å². The number of nitrogens with two attached hydrogens (primary N) is 1. The van der Waals surface area contributed by atoms with E-state index in [1.54, 1.807) is 6.92 Å². The first-order valence-electron chi connectivity index (χ1n) is 4.48. The van der Waals surface area contributed by atoms with Crippen LogP contribution in [0.1, 0.15) is 12.5 Å². The fraction of sp³-hybridized carbons (Fsp3) is 0.182. The van der Waals surface area contributed by atoms with Crippen molar-refractivity contribution in [1.82, 2.24) is 0 Å². The van der Waals surface area contributed by atoms with Crippen molar-refractivity contribution < 1.29 is 13.9 Å². The lowest BCUT2D eigenvalue weighted by Crippen LogP contribution is -2.00. The number of benzene rings is 1. The summed E-state index contributed by atoms with van der Waals surface area (Å²) >= 11 is 5.65. The Morgan fingerprint density at radius 3 is 2.94 bits per heavy atom. The zero-order valence-electron chi connectivity index (χ0n) is 8.51. The molecule has 0 saturated heterocycles. The summed E-state index contributed by atoms with van der Waals surface area (Å²) in [5.41, 5.74) is 5.86. The number of hydrogen-bond donors (Lipinski definition) is 1. The van der Waals surface area contributed by atoms with Gasteiger partial charge in [0.05, 0.1) is 22.9 Å². The molecular weight excluding hydrogens is 233 g/mol. The maximum absolute atomic E-state index is 13.0. The SMILES string of the molecule is CCOC(=O)C#Cc1cc(F)cc(Cl)c1N. The van der Waals surface area contributed by atoms with Gasteiger partial charge in [0.15, 0.2) is 0 Å². The minimum absolute atomic E-state index is 0.0631. The normalized spacial score (nSPS) is 9.19. The Hall–Kier alpha value is -1.73. The van der Waals surface area contributed by atoms with Crippen LogP contribution in [-0.4, -0.2) is 12.6 Å². The average molecular weight is 242 g/mol. The highest BCUT2D eigenvalue weighted by atomic mass is 35.5. The molecule has 0 aliphatic carbocycles. The fourth-order valence-corrected chi connectivity index (χ4v) is 1.18. The Labute approximate surface area is 97.3 Å². The quantitative estimate of drug-likeness (QED) is 0.465. The maximum atomic E-state index is 13.0. The number of carbonyl (C=O) groups excluding carboxylic acids is 1. The summed E-state index contributed by atoms with van der Waals surface area (Å²) < 4.78 is 17.5. The van der Waals surface area contributed by atoms with Crippen LogP contribution in [0.4, 0.5) is 10.1 Å². The summed E-state index contributed by atoms with van der Waals surface area (Å²) in [6.07, 6.45) is 0. The Morgan fingerprint density at radius 1 is 1.62 bits per heavy atom. The van der Waals surface area contributed by atoms with Crippen LogP contribution in [0.3, 0.4) is 0 Å². The van der Waals surface area contributed by atoms with Crippen molar-refractivity contribution >= 4 is 23.3 Å². The summed E-state index contributed by atoms with van der Waals surface area (Å²) in [6.45, 7) is 1.89. The van der Waals surface area contributed by atoms with Crippen molar-refractivity contribution in [2.24, 2.45) is 0 Å². The van der Waals surface area contributed by atoms with Gasteiger partial charge in [-0.3, -0.25) is 0 Å². The summed E-state index contributed by atoms with van der Waals surface area (Å²) in [6, 6.07) is 2.18. The van der Waals surface area contributed by atoms with Crippen molar-refractivity contribution in [2.45, 2.75) is 6.92 Å². The number of nitrogen functional groups attached to an aromatic ring is 1. The molecule has 1 rings (SSSR count). The minimum atomic E-state index is -0.692. The molecule has 0 radical (unpaired) electrons. The van der Waals surface area contributed by atoms with Gasteiger partial charge in [-0.2, -0.15) is 0 Å². The van der Waals surface area contributed by atoms with E-state index in [4.69, 9.17) is 17.3 Å². The lowest BCUT2D eigenvalue weighted by Gasteiger charge is -2.00. The van der Waals surface area contributed by atoms with E-state index in [1.807, 2.05) is 0 Å². The van der Waals surface area contributed by atoms with Crippen LogP contribution >= 0.6 is 11.6 Å². The van der Waals surface area contributed by atoms with Crippen LogP contribution in [0.2, 0.25) is 5.02 Å². The first-order valence-corrected chi connectivity index (χ1v) is 4.85. The average Bonchev–Trinajstić information content (AvgIpc) is 2.21. The third-order valence-corrected chi connectivity index (χ3v) is 1.98. The van der Waals surface area contributed by atoms with Gasteiger partial charge >= 0.3 is 5.97 Å². The topological polar surface area (TPSA) is 52.3 Å². The molecule has 0 aliphatic heterocycles. The van der Waals surface area contributed by atoms with E-state index in [0.29, 0.717) is 0 Å². The third kappa shape index (κ3) is 3.14. The van der Waals surface area contributed by atoms with Crippen LogP contribution in [0.15, 0.2) is 12.1 Å². The second-order valence-corrected chi connectivity index (χ2v) is 3.23. The van der Waals surface area contributed by atoms with Crippen molar-refractivity contribution in [1.29, 1.82) is 0 Å². The number of halogens is 2. The number of carbonyl (C=O) groups is 1. The molecule has 2 N–H and O–H groups in total. The van der Waals surface area contributed by atoms with Crippen LogP contribution in [0.25, 0.3) is 0 Å². The molecule has 1 aromatic rings. The molecule has 0 bridgehead atoms. The monoisotopic (exact) mass is 241 g/mol. The number of anilines is 1. The summed E-state index contributed by atoms with van der Waals surface area (Å²) in [5, 5.41) is 0.0631. The van der Waals surface area contributed by atoms with Gasteiger partial charge in [-0.1, -0.05) is 17.5 Å². The molecule has 0 unspecified atom stereocenters. The second kappa shape index (κ2) is 5.38. The molecule has 0 amide bonds. The van der Waals surface area contributed by atoms with Gasteiger partial charge in [0.25, 0.3) is 0 Å². The van der Waals surface area contributed by atoms with E-state index in [1.165, 1.54) is 0 Å². The van der Waals surface area contributed by atoms with Crippen LogP contribution < -0.4 is 5.73 Å². The van der Waals surface area contributed by atoms with Crippen molar-refractivity contribution in [3.63, 3.8) is 0 Å². The summed E-state index contributed by atoms with van der Waals surface area (Å²) in [5.74, 6) is 3.33. The Kier molecular flexibility index (Phi) is 4.15. The summed E-state index contributed by atoms with van der Waals surface area (Å²) in [4.78, 5) is 10.9. The summed E-state index contributed by atoms with van der Waals surface area (Å²) in [7, 11) is 0. The molecule has 84 valence electrons. The zero-order chi connectivity index (χ0) is 12.1. The molecular formula is C11H9ClFNO2. The smallest absolute Gasteiger partial charge is 0.384 e. The molecule has 0 heterocycles.